The molecular formula is C22H14ClN7. The summed E-state index contributed by atoms with van der Waals surface area (Å²) in [5.41, 5.74) is 4.02. The first kappa shape index (κ1) is 18.1. The summed E-state index contributed by atoms with van der Waals surface area (Å²) in [4.78, 5) is 13.5. The SMILES string of the molecule is Clc1ccc(-c2nc(-c3ccncc3)ncc2-c2nnnn2-c2ccccc2)cc1. The van der Waals surface area contributed by atoms with Crippen molar-refractivity contribution in [2.75, 3.05) is 0 Å². The maximum atomic E-state index is 6.09. The van der Waals surface area contributed by atoms with Crippen molar-refractivity contribution in [3.8, 4) is 39.7 Å². The molecule has 0 unspecified atom stereocenters. The van der Waals surface area contributed by atoms with E-state index in [4.69, 9.17) is 16.6 Å². The zero-order valence-corrected chi connectivity index (χ0v) is 16.3. The lowest BCUT2D eigenvalue weighted by Crippen LogP contribution is -2.03. The van der Waals surface area contributed by atoms with Crippen molar-refractivity contribution < 1.29 is 0 Å². The largest absolute Gasteiger partial charge is 0.265 e. The molecule has 0 aliphatic rings. The van der Waals surface area contributed by atoms with Crippen LogP contribution in [0, 0.1) is 0 Å². The molecule has 0 aliphatic heterocycles. The zero-order valence-electron chi connectivity index (χ0n) is 15.6. The molecular weight excluding hydrogens is 398 g/mol. The Kier molecular flexibility index (Phi) is 4.71. The van der Waals surface area contributed by atoms with E-state index < -0.39 is 0 Å². The van der Waals surface area contributed by atoms with Crippen molar-refractivity contribution in [3.05, 3.63) is 90.3 Å². The lowest BCUT2D eigenvalue weighted by molar-refractivity contribution is 0.791. The second-order valence-electron chi connectivity index (χ2n) is 6.45. The molecule has 3 heterocycles. The summed E-state index contributed by atoms with van der Waals surface area (Å²) in [6, 6.07) is 20.9. The first-order valence-corrected chi connectivity index (χ1v) is 9.55. The van der Waals surface area contributed by atoms with Crippen molar-refractivity contribution in [2.24, 2.45) is 0 Å². The Labute approximate surface area is 177 Å². The minimum Gasteiger partial charge on any atom is -0.265 e. The van der Waals surface area contributed by atoms with Gasteiger partial charge in [0, 0.05) is 34.7 Å². The summed E-state index contributed by atoms with van der Waals surface area (Å²) < 4.78 is 1.67. The molecule has 0 aliphatic carbocycles. The van der Waals surface area contributed by atoms with Crippen LogP contribution in [0.15, 0.2) is 85.3 Å². The van der Waals surface area contributed by atoms with Crippen LogP contribution in [0.25, 0.3) is 39.7 Å². The number of para-hydroxylation sites is 1. The van der Waals surface area contributed by atoms with E-state index in [0.29, 0.717) is 27.9 Å². The molecule has 0 saturated carbocycles. The van der Waals surface area contributed by atoms with Gasteiger partial charge in [0.25, 0.3) is 0 Å². The number of tetrazole rings is 1. The fourth-order valence-corrected chi connectivity index (χ4v) is 3.24. The number of halogens is 1. The number of nitrogens with zero attached hydrogens (tertiary/aromatic N) is 7. The van der Waals surface area contributed by atoms with Crippen LogP contribution >= 0.6 is 11.6 Å². The Morgan fingerprint density at radius 1 is 0.800 bits per heavy atom. The van der Waals surface area contributed by atoms with Gasteiger partial charge in [0.05, 0.1) is 16.9 Å². The molecule has 5 rings (SSSR count). The van der Waals surface area contributed by atoms with Crippen LogP contribution < -0.4 is 0 Å². The molecule has 0 radical (unpaired) electrons. The molecule has 5 aromatic rings. The lowest BCUT2D eigenvalue weighted by Gasteiger charge is -2.11. The topological polar surface area (TPSA) is 82.3 Å². The zero-order chi connectivity index (χ0) is 20.3. The Balaban J connectivity index is 1.71. The van der Waals surface area contributed by atoms with Gasteiger partial charge in [0.2, 0.25) is 0 Å². The van der Waals surface area contributed by atoms with E-state index >= 15 is 0 Å². The van der Waals surface area contributed by atoms with Crippen LogP contribution in [0.5, 0.6) is 0 Å². The molecule has 30 heavy (non-hydrogen) atoms. The van der Waals surface area contributed by atoms with E-state index in [0.717, 1.165) is 16.8 Å². The van der Waals surface area contributed by atoms with Gasteiger partial charge in [-0.05, 0) is 46.8 Å². The molecule has 0 spiro atoms. The van der Waals surface area contributed by atoms with E-state index in [1.165, 1.54) is 0 Å². The van der Waals surface area contributed by atoms with Gasteiger partial charge in [-0.1, -0.05) is 41.9 Å². The first-order valence-electron chi connectivity index (χ1n) is 9.17. The molecule has 0 saturated heterocycles. The van der Waals surface area contributed by atoms with Crippen LogP contribution in [-0.2, 0) is 0 Å². The Bertz CT molecular complexity index is 1290. The number of benzene rings is 2. The van der Waals surface area contributed by atoms with Gasteiger partial charge in [0.15, 0.2) is 11.6 Å². The van der Waals surface area contributed by atoms with Crippen LogP contribution in [0.3, 0.4) is 0 Å². The molecule has 0 amide bonds. The monoisotopic (exact) mass is 411 g/mol. The average Bonchev–Trinajstić information content (AvgIpc) is 3.30. The normalized spacial score (nSPS) is 10.8. The van der Waals surface area contributed by atoms with Crippen molar-refractivity contribution in [1.82, 2.24) is 35.2 Å². The molecule has 2 aromatic carbocycles. The van der Waals surface area contributed by atoms with Crippen molar-refractivity contribution >= 4 is 11.6 Å². The third-order valence-corrected chi connectivity index (χ3v) is 4.81. The van der Waals surface area contributed by atoms with Crippen molar-refractivity contribution in [2.45, 2.75) is 0 Å². The number of hydrogen-bond acceptors (Lipinski definition) is 6. The number of rotatable bonds is 4. The maximum Gasteiger partial charge on any atom is 0.190 e. The van der Waals surface area contributed by atoms with E-state index in [-0.39, 0.29) is 0 Å². The molecule has 7 nitrogen and oxygen atoms in total. The van der Waals surface area contributed by atoms with Crippen LogP contribution in [0.4, 0.5) is 0 Å². The molecule has 3 aromatic heterocycles. The van der Waals surface area contributed by atoms with Gasteiger partial charge in [-0.25, -0.2) is 9.97 Å². The highest BCUT2D eigenvalue weighted by atomic mass is 35.5. The van der Waals surface area contributed by atoms with Crippen LogP contribution in [0.1, 0.15) is 0 Å². The second-order valence-corrected chi connectivity index (χ2v) is 6.88. The van der Waals surface area contributed by atoms with E-state index in [1.807, 2.05) is 66.7 Å². The Hall–Kier alpha value is -3.97. The highest BCUT2D eigenvalue weighted by Crippen LogP contribution is 2.32. The lowest BCUT2D eigenvalue weighted by atomic mass is 10.1. The molecule has 0 N–H and O–H groups in total. The summed E-state index contributed by atoms with van der Waals surface area (Å²) in [7, 11) is 0. The summed E-state index contributed by atoms with van der Waals surface area (Å²) in [6.07, 6.45) is 5.17. The predicted molar refractivity (Wildman–Crippen MR) is 114 cm³/mol. The van der Waals surface area contributed by atoms with Crippen molar-refractivity contribution in [1.29, 1.82) is 0 Å². The van der Waals surface area contributed by atoms with Crippen LogP contribution in [-0.4, -0.2) is 35.2 Å². The minimum absolute atomic E-state index is 0.549. The van der Waals surface area contributed by atoms with Crippen LogP contribution in [0.2, 0.25) is 5.02 Å². The molecule has 0 atom stereocenters. The molecule has 0 fully saturated rings. The second kappa shape index (κ2) is 7.81. The number of aromatic nitrogens is 7. The Morgan fingerprint density at radius 3 is 2.33 bits per heavy atom. The molecule has 8 heteroatoms. The van der Waals surface area contributed by atoms with E-state index in [1.54, 1.807) is 23.3 Å². The van der Waals surface area contributed by atoms with Gasteiger partial charge in [-0.2, -0.15) is 4.68 Å². The smallest absolute Gasteiger partial charge is 0.190 e. The van der Waals surface area contributed by atoms with Gasteiger partial charge >= 0.3 is 0 Å². The predicted octanol–water partition coefficient (Wildman–Crippen LogP) is 4.50. The van der Waals surface area contributed by atoms with Gasteiger partial charge in [0.1, 0.15) is 0 Å². The highest BCUT2D eigenvalue weighted by Gasteiger charge is 2.19. The molecule has 0 bridgehead atoms. The number of pyridine rings is 1. The third-order valence-electron chi connectivity index (χ3n) is 4.56. The third kappa shape index (κ3) is 3.42. The Morgan fingerprint density at radius 2 is 1.57 bits per heavy atom. The summed E-state index contributed by atoms with van der Waals surface area (Å²) >= 11 is 6.09. The summed E-state index contributed by atoms with van der Waals surface area (Å²) in [6.45, 7) is 0. The fourth-order valence-electron chi connectivity index (χ4n) is 3.11. The van der Waals surface area contributed by atoms with Gasteiger partial charge < -0.3 is 0 Å². The highest BCUT2D eigenvalue weighted by molar-refractivity contribution is 6.30. The average molecular weight is 412 g/mol. The maximum absolute atomic E-state index is 6.09. The minimum atomic E-state index is 0.549. The summed E-state index contributed by atoms with van der Waals surface area (Å²) in [5.74, 6) is 1.14. The van der Waals surface area contributed by atoms with E-state index in [2.05, 4.69) is 25.5 Å². The van der Waals surface area contributed by atoms with Crippen molar-refractivity contribution in [3.63, 3.8) is 0 Å². The number of hydrogen-bond donors (Lipinski definition) is 0. The van der Waals surface area contributed by atoms with E-state index in [9.17, 15) is 0 Å². The van der Waals surface area contributed by atoms with Gasteiger partial charge in [-0.3, -0.25) is 4.98 Å². The van der Waals surface area contributed by atoms with Gasteiger partial charge in [-0.15, -0.1) is 5.10 Å². The first-order chi connectivity index (χ1) is 14.8. The standard InChI is InChI=1S/C22H14ClN7/c23-17-8-6-15(7-9-17)20-19(14-25-21(26-20)16-10-12-24-13-11-16)22-27-28-29-30(22)18-4-2-1-3-5-18/h1-14H. The summed E-state index contributed by atoms with van der Waals surface area (Å²) in [5, 5.41) is 13.0. The quantitative estimate of drug-likeness (QED) is 0.433. The fraction of sp³-hybridized carbons (Fsp3) is 0. The molecule has 144 valence electrons.